The molecule has 21 heavy (non-hydrogen) atoms. The van der Waals surface area contributed by atoms with Gasteiger partial charge in [-0.15, -0.1) is 0 Å². The molecule has 0 bridgehead atoms. The first-order valence-electron chi connectivity index (χ1n) is 6.27. The Labute approximate surface area is 120 Å². The number of rotatable bonds is 5. The summed E-state index contributed by atoms with van der Waals surface area (Å²) in [5.41, 5.74) is 0.275. The van der Waals surface area contributed by atoms with Crippen molar-refractivity contribution in [3.63, 3.8) is 0 Å². The average molecular weight is 294 g/mol. The van der Waals surface area contributed by atoms with Crippen molar-refractivity contribution in [3.8, 4) is 5.75 Å². The van der Waals surface area contributed by atoms with Crippen LogP contribution in [0.15, 0.2) is 18.2 Å². The highest BCUT2D eigenvalue weighted by Crippen LogP contribution is 2.28. The number of nitro benzene ring substituents is 1. The van der Waals surface area contributed by atoms with Crippen LogP contribution in [-0.4, -0.2) is 40.0 Å². The second kappa shape index (κ2) is 5.78. The number of carboxylic acids is 1. The van der Waals surface area contributed by atoms with Gasteiger partial charge in [0.05, 0.1) is 18.6 Å². The largest absolute Gasteiger partial charge is 0.496 e. The summed E-state index contributed by atoms with van der Waals surface area (Å²) in [5.74, 6) is -0.981. The molecule has 1 fully saturated rings. The highest BCUT2D eigenvalue weighted by Gasteiger charge is 2.36. The lowest BCUT2D eigenvalue weighted by atomic mass is 10.1. The summed E-state index contributed by atoms with van der Waals surface area (Å²) in [6.45, 7) is -0.0271. The number of amides is 1. The lowest BCUT2D eigenvalue weighted by Gasteiger charge is -2.22. The number of non-ortho nitro benzene ring substituents is 1. The Hall–Kier alpha value is -2.64. The Morgan fingerprint density at radius 3 is 2.86 bits per heavy atom. The number of likely N-dealkylation sites (tertiary alicyclic amines) is 1. The number of benzene rings is 1. The molecule has 1 N–H and O–H groups in total. The van der Waals surface area contributed by atoms with Crippen LogP contribution >= 0.6 is 0 Å². The van der Waals surface area contributed by atoms with Crippen LogP contribution in [-0.2, 0) is 16.1 Å². The first-order valence-corrected chi connectivity index (χ1v) is 6.27. The van der Waals surface area contributed by atoms with E-state index in [1.54, 1.807) is 0 Å². The van der Waals surface area contributed by atoms with Gasteiger partial charge in [-0.3, -0.25) is 14.9 Å². The van der Waals surface area contributed by atoms with Gasteiger partial charge in [0, 0.05) is 24.1 Å². The van der Waals surface area contributed by atoms with Crippen LogP contribution in [0, 0.1) is 10.1 Å². The normalized spacial score (nSPS) is 17.9. The fourth-order valence-corrected chi connectivity index (χ4v) is 2.37. The van der Waals surface area contributed by atoms with Crippen LogP contribution in [0.5, 0.6) is 5.75 Å². The fourth-order valence-electron chi connectivity index (χ4n) is 2.37. The molecule has 112 valence electrons. The highest BCUT2D eigenvalue weighted by molar-refractivity contribution is 5.87. The first kappa shape index (κ1) is 14.8. The van der Waals surface area contributed by atoms with E-state index in [0.29, 0.717) is 11.3 Å². The summed E-state index contributed by atoms with van der Waals surface area (Å²) < 4.78 is 5.11. The van der Waals surface area contributed by atoms with Crippen molar-refractivity contribution in [2.24, 2.45) is 0 Å². The Morgan fingerprint density at radius 1 is 1.57 bits per heavy atom. The zero-order valence-corrected chi connectivity index (χ0v) is 11.3. The van der Waals surface area contributed by atoms with E-state index in [1.807, 2.05) is 0 Å². The zero-order valence-electron chi connectivity index (χ0n) is 11.3. The average Bonchev–Trinajstić information content (AvgIpc) is 2.80. The van der Waals surface area contributed by atoms with Gasteiger partial charge >= 0.3 is 5.97 Å². The molecule has 0 aromatic heterocycles. The minimum Gasteiger partial charge on any atom is -0.496 e. The number of carbonyl (C=O) groups is 2. The summed E-state index contributed by atoms with van der Waals surface area (Å²) in [4.78, 5) is 34.4. The number of carboxylic acid groups (broad SMARTS) is 1. The topological polar surface area (TPSA) is 110 Å². The molecular weight excluding hydrogens is 280 g/mol. The van der Waals surface area contributed by atoms with Crippen LogP contribution in [0.4, 0.5) is 5.69 Å². The Kier molecular flexibility index (Phi) is 4.06. The molecule has 1 saturated heterocycles. The van der Waals surface area contributed by atoms with Gasteiger partial charge in [-0.25, -0.2) is 4.79 Å². The van der Waals surface area contributed by atoms with Gasteiger partial charge in [0.15, 0.2) is 0 Å². The van der Waals surface area contributed by atoms with Gasteiger partial charge in [-0.2, -0.15) is 0 Å². The molecule has 8 heteroatoms. The SMILES string of the molecule is COc1ccc([N+](=O)[O-])cc1CN1C(=O)CCC1C(=O)O. The van der Waals surface area contributed by atoms with E-state index in [-0.39, 0.29) is 31.0 Å². The second-order valence-corrected chi connectivity index (χ2v) is 4.67. The van der Waals surface area contributed by atoms with Crippen molar-refractivity contribution in [2.45, 2.75) is 25.4 Å². The Balaban J connectivity index is 2.32. The number of hydrogen-bond acceptors (Lipinski definition) is 5. The molecule has 1 aromatic rings. The summed E-state index contributed by atoms with van der Waals surface area (Å²) in [6, 6.07) is 3.12. The predicted octanol–water partition coefficient (Wildman–Crippen LogP) is 1.18. The summed E-state index contributed by atoms with van der Waals surface area (Å²) in [6.07, 6.45) is 0.402. The van der Waals surface area contributed by atoms with Crippen LogP contribution in [0.3, 0.4) is 0 Å². The molecule has 8 nitrogen and oxygen atoms in total. The third-order valence-corrected chi connectivity index (χ3v) is 3.43. The summed E-state index contributed by atoms with van der Waals surface area (Å²) in [7, 11) is 1.41. The molecule has 1 unspecified atom stereocenters. The standard InChI is InChI=1S/C13H14N2O6/c1-21-11-4-2-9(15(19)20)6-8(11)7-14-10(13(17)18)3-5-12(14)16/h2,4,6,10H,3,5,7H2,1H3,(H,17,18). The van der Waals surface area contributed by atoms with E-state index in [4.69, 9.17) is 9.84 Å². The van der Waals surface area contributed by atoms with E-state index in [9.17, 15) is 19.7 Å². The van der Waals surface area contributed by atoms with Gasteiger partial charge < -0.3 is 14.7 Å². The van der Waals surface area contributed by atoms with E-state index < -0.39 is 16.9 Å². The number of methoxy groups -OCH3 is 1. The third-order valence-electron chi connectivity index (χ3n) is 3.43. The second-order valence-electron chi connectivity index (χ2n) is 4.67. The lowest BCUT2D eigenvalue weighted by Crippen LogP contribution is -2.38. The maximum Gasteiger partial charge on any atom is 0.326 e. The molecule has 1 amide bonds. The van der Waals surface area contributed by atoms with Gasteiger partial charge in [0.25, 0.3) is 5.69 Å². The number of nitro groups is 1. The number of nitrogens with zero attached hydrogens (tertiary/aromatic N) is 2. The molecule has 1 heterocycles. The summed E-state index contributed by atoms with van der Waals surface area (Å²) >= 11 is 0. The predicted molar refractivity (Wildman–Crippen MR) is 70.9 cm³/mol. The maximum absolute atomic E-state index is 11.8. The lowest BCUT2D eigenvalue weighted by molar-refractivity contribution is -0.385. The van der Waals surface area contributed by atoms with E-state index in [1.165, 1.54) is 30.2 Å². The fraction of sp³-hybridized carbons (Fsp3) is 0.385. The Morgan fingerprint density at radius 2 is 2.29 bits per heavy atom. The van der Waals surface area contributed by atoms with Crippen LogP contribution < -0.4 is 4.74 Å². The smallest absolute Gasteiger partial charge is 0.326 e. The molecule has 0 spiro atoms. The van der Waals surface area contributed by atoms with Gasteiger partial charge in [0.2, 0.25) is 5.91 Å². The minimum atomic E-state index is -1.08. The molecule has 0 radical (unpaired) electrons. The van der Waals surface area contributed by atoms with Crippen molar-refractivity contribution in [2.75, 3.05) is 7.11 Å². The van der Waals surface area contributed by atoms with Crippen LogP contribution in [0.1, 0.15) is 18.4 Å². The number of carbonyl (C=O) groups excluding carboxylic acids is 1. The van der Waals surface area contributed by atoms with E-state index in [0.717, 1.165) is 0 Å². The maximum atomic E-state index is 11.8. The van der Waals surface area contributed by atoms with Gasteiger partial charge in [0.1, 0.15) is 11.8 Å². The van der Waals surface area contributed by atoms with Crippen molar-refractivity contribution in [3.05, 3.63) is 33.9 Å². The molecule has 1 aromatic carbocycles. The molecule has 1 atom stereocenters. The van der Waals surface area contributed by atoms with Crippen molar-refractivity contribution >= 4 is 17.6 Å². The molecule has 0 aliphatic carbocycles. The van der Waals surface area contributed by atoms with E-state index in [2.05, 4.69) is 0 Å². The van der Waals surface area contributed by atoms with Gasteiger partial charge in [-0.05, 0) is 12.5 Å². The molecule has 2 rings (SSSR count). The highest BCUT2D eigenvalue weighted by atomic mass is 16.6. The Bertz CT molecular complexity index is 600. The third kappa shape index (κ3) is 2.93. The van der Waals surface area contributed by atoms with Gasteiger partial charge in [-0.1, -0.05) is 0 Å². The molecule has 1 aliphatic heterocycles. The molecular formula is C13H14N2O6. The monoisotopic (exact) mass is 294 g/mol. The summed E-state index contributed by atoms with van der Waals surface area (Å²) in [5, 5.41) is 19.9. The van der Waals surface area contributed by atoms with Crippen LogP contribution in [0.2, 0.25) is 0 Å². The number of hydrogen-bond donors (Lipinski definition) is 1. The van der Waals surface area contributed by atoms with E-state index >= 15 is 0 Å². The zero-order chi connectivity index (χ0) is 15.6. The minimum absolute atomic E-state index is 0.0271. The quantitative estimate of drug-likeness (QED) is 0.645. The number of aliphatic carboxylic acids is 1. The molecule has 1 aliphatic rings. The molecule has 0 saturated carbocycles. The van der Waals surface area contributed by atoms with Crippen molar-refractivity contribution in [1.82, 2.24) is 4.90 Å². The van der Waals surface area contributed by atoms with Crippen molar-refractivity contribution < 1.29 is 24.4 Å². The number of ether oxygens (including phenoxy) is 1. The van der Waals surface area contributed by atoms with Crippen LogP contribution in [0.25, 0.3) is 0 Å². The first-order chi connectivity index (χ1) is 9.93. The van der Waals surface area contributed by atoms with Crippen molar-refractivity contribution in [1.29, 1.82) is 0 Å².